The van der Waals surface area contributed by atoms with Crippen LogP contribution in [0.4, 0.5) is 4.39 Å². The summed E-state index contributed by atoms with van der Waals surface area (Å²) in [4.78, 5) is 27.3. The van der Waals surface area contributed by atoms with E-state index in [9.17, 15) is 14.0 Å². The fourth-order valence-electron chi connectivity index (χ4n) is 3.24. The van der Waals surface area contributed by atoms with E-state index in [0.29, 0.717) is 11.3 Å². The van der Waals surface area contributed by atoms with Crippen molar-refractivity contribution in [3.8, 4) is 11.3 Å². The van der Waals surface area contributed by atoms with E-state index >= 15 is 0 Å². The monoisotopic (exact) mass is 423 g/mol. The van der Waals surface area contributed by atoms with Crippen molar-refractivity contribution in [2.75, 3.05) is 12.8 Å². The summed E-state index contributed by atoms with van der Waals surface area (Å²) in [6.45, 7) is 0.264. The van der Waals surface area contributed by atoms with Gasteiger partial charge in [-0.1, -0.05) is 35.5 Å². The molecule has 152 valence electrons. The number of benzene rings is 2. The average molecular weight is 423 g/mol. The van der Waals surface area contributed by atoms with Gasteiger partial charge in [-0.3, -0.25) is 14.5 Å². The van der Waals surface area contributed by atoms with Crippen molar-refractivity contribution in [1.82, 2.24) is 15.4 Å². The minimum atomic E-state index is -0.441. The number of piperazine rings is 1. The molecule has 30 heavy (non-hydrogen) atoms. The second-order valence-corrected chi connectivity index (χ2v) is 7.38. The zero-order valence-corrected chi connectivity index (χ0v) is 16.9. The van der Waals surface area contributed by atoms with Crippen molar-refractivity contribution in [2.45, 2.75) is 6.04 Å². The Morgan fingerprint density at radius 1 is 1.23 bits per heavy atom. The second-order valence-electron chi connectivity index (χ2n) is 6.67. The summed E-state index contributed by atoms with van der Waals surface area (Å²) >= 11 is 1.33. The third kappa shape index (κ3) is 3.99. The molecule has 2 amide bonds. The maximum atomic E-state index is 13.2. The first-order valence-corrected chi connectivity index (χ1v) is 10.5. The molecule has 1 atom stereocenters. The van der Waals surface area contributed by atoms with E-state index in [2.05, 4.69) is 10.5 Å². The van der Waals surface area contributed by atoms with Gasteiger partial charge in [0.2, 0.25) is 0 Å². The van der Waals surface area contributed by atoms with Crippen LogP contribution in [0, 0.1) is 5.82 Å². The van der Waals surface area contributed by atoms with Crippen LogP contribution in [0.3, 0.4) is 0 Å². The van der Waals surface area contributed by atoms with E-state index in [1.165, 1.54) is 34.9 Å². The van der Waals surface area contributed by atoms with Gasteiger partial charge in [0, 0.05) is 17.0 Å². The van der Waals surface area contributed by atoms with Crippen molar-refractivity contribution >= 4 is 23.6 Å². The lowest BCUT2D eigenvalue weighted by atomic mass is 10.0. The number of carbonyl (C=O) groups excluding carboxylic acids is 2. The molecule has 8 heteroatoms. The second kappa shape index (κ2) is 8.54. The zero-order chi connectivity index (χ0) is 21.1. The molecule has 1 aromatic heterocycles. The number of hydrogen-bond donors (Lipinski definition) is 1. The summed E-state index contributed by atoms with van der Waals surface area (Å²) in [6.07, 6.45) is 1.81. The smallest absolute Gasteiger partial charge is 0.280 e. The van der Waals surface area contributed by atoms with E-state index in [4.69, 9.17) is 4.52 Å². The maximum absolute atomic E-state index is 13.2. The number of thioether (sulfide) groups is 1. The third-order valence-corrected chi connectivity index (χ3v) is 5.19. The minimum absolute atomic E-state index is 0.0721. The molecule has 1 aliphatic rings. The van der Waals surface area contributed by atoms with Gasteiger partial charge in [-0.2, -0.15) is 0 Å². The lowest BCUT2D eigenvalue weighted by Gasteiger charge is -2.34. The normalized spacial score (nSPS) is 17.8. The summed E-state index contributed by atoms with van der Waals surface area (Å²) in [7, 11) is 0. The number of nitrogens with zero attached hydrogens (tertiary/aromatic N) is 2. The van der Waals surface area contributed by atoms with Gasteiger partial charge in [0.05, 0.1) is 12.6 Å². The van der Waals surface area contributed by atoms with Crippen molar-refractivity contribution in [3.63, 3.8) is 0 Å². The first-order chi connectivity index (χ1) is 14.6. The molecular formula is C22H18FN3O3S. The standard InChI is InChI=1S/C22H18FN3O3S/c1-30-13-19-21(27)24-18(14-5-3-2-4-6-14)12-26(19)22(28)17-11-20(29-25-17)15-7-9-16(23)10-8-15/h2-11,13,18H,12H2,1H3,(H,24,27)/b19-13+/t18-/m1/s1. The average Bonchev–Trinajstić information content (AvgIpc) is 3.26. The fraction of sp³-hybridized carbons (Fsp3) is 0.136. The number of aromatic nitrogens is 1. The summed E-state index contributed by atoms with van der Waals surface area (Å²) in [5.41, 5.74) is 1.83. The van der Waals surface area contributed by atoms with Crippen LogP contribution < -0.4 is 5.32 Å². The topological polar surface area (TPSA) is 75.4 Å². The van der Waals surface area contributed by atoms with Crippen LogP contribution in [0.5, 0.6) is 0 Å². The molecule has 4 rings (SSSR count). The van der Waals surface area contributed by atoms with E-state index < -0.39 is 5.91 Å². The Kier molecular flexibility index (Phi) is 5.67. The van der Waals surface area contributed by atoms with Gasteiger partial charge in [-0.15, -0.1) is 11.8 Å². The maximum Gasteiger partial charge on any atom is 0.280 e. The largest absolute Gasteiger partial charge is 0.355 e. The summed E-state index contributed by atoms with van der Waals surface area (Å²) in [6, 6.07) is 16.3. The quantitative estimate of drug-likeness (QED) is 0.642. The van der Waals surface area contributed by atoms with Crippen molar-refractivity contribution < 1.29 is 18.5 Å². The predicted octanol–water partition coefficient (Wildman–Crippen LogP) is 4.00. The molecule has 2 heterocycles. The molecule has 1 saturated heterocycles. The highest BCUT2D eigenvalue weighted by Crippen LogP contribution is 2.27. The van der Waals surface area contributed by atoms with Gasteiger partial charge >= 0.3 is 0 Å². The van der Waals surface area contributed by atoms with Gasteiger partial charge in [0.25, 0.3) is 11.8 Å². The first-order valence-electron chi connectivity index (χ1n) is 9.20. The van der Waals surface area contributed by atoms with Crippen LogP contribution in [0.2, 0.25) is 0 Å². The van der Waals surface area contributed by atoms with E-state index in [-0.39, 0.29) is 35.7 Å². The number of amides is 2. The first kappa shape index (κ1) is 19.9. The molecule has 0 unspecified atom stereocenters. The molecular weight excluding hydrogens is 405 g/mol. The molecule has 0 aliphatic carbocycles. The molecule has 1 N–H and O–H groups in total. The number of carbonyl (C=O) groups is 2. The van der Waals surface area contributed by atoms with Gasteiger partial charge in [0.15, 0.2) is 11.5 Å². The third-order valence-electron chi connectivity index (χ3n) is 4.73. The van der Waals surface area contributed by atoms with Gasteiger partial charge in [-0.25, -0.2) is 4.39 Å². The van der Waals surface area contributed by atoms with Crippen molar-refractivity contribution in [1.29, 1.82) is 0 Å². The van der Waals surface area contributed by atoms with Crippen molar-refractivity contribution in [2.24, 2.45) is 0 Å². The van der Waals surface area contributed by atoms with E-state index in [1.54, 1.807) is 17.5 Å². The number of rotatable bonds is 4. The minimum Gasteiger partial charge on any atom is -0.355 e. The molecule has 0 radical (unpaired) electrons. The highest BCUT2D eigenvalue weighted by Gasteiger charge is 2.35. The van der Waals surface area contributed by atoms with Crippen LogP contribution in [0.1, 0.15) is 22.1 Å². The number of nitrogens with one attached hydrogen (secondary N) is 1. The Morgan fingerprint density at radius 2 is 1.97 bits per heavy atom. The van der Waals surface area contributed by atoms with Crippen molar-refractivity contribution in [3.05, 3.63) is 88.8 Å². The highest BCUT2D eigenvalue weighted by molar-refractivity contribution is 8.01. The Bertz CT molecular complexity index is 1100. The lowest BCUT2D eigenvalue weighted by molar-refractivity contribution is -0.121. The molecule has 1 fully saturated rings. The molecule has 1 aliphatic heterocycles. The highest BCUT2D eigenvalue weighted by atomic mass is 32.2. The fourth-order valence-corrected chi connectivity index (χ4v) is 3.70. The zero-order valence-electron chi connectivity index (χ0n) is 16.0. The van der Waals surface area contributed by atoms with Gasteiger partial charge < -0.3 is 9.84 Å². The number of halogens is 1. The predicted molar refractivity (Wildman–Crippen MR) is 112 cm³/mol. The van der Waals surface area contributed by atoms with E-state index in [1.807, 2.05) is 36.6 Å². The summed E-state index contributed by atoms with van der Waals surface area (Å²) in [5, 5.41) is 8.46. The van der Waals surface area contributed by atoms with Crippen LogP contribution in [0.25, 0.3) is 11.3 Å². The Morgan fingerprint density at radius 3 is 2.67 bits per heavy atom. The Balaban J connectivity index is 1.63. The lowest BCUT2D eigenvalue weighted by Crippen LogP contribution is -2.50. The van der Waals surface area contributed by atoms with Gasteiger partial charge in [0.1, 0.15) is 11.5 Å². The summed E-state index contributed by atoms with van der Waals surface area (Å²) in [5.74, 6) is -0.800. The van der Waals surface area contributed by atoms with Gasteiger partial charge in [-0.05, 0) is 36.1 Å². The number of hydrogen-bond acceptors (Lipinski definition) is 5. The SMILES string of the molecule is CS/C=C1\C(=O)N[C@@H](c2ccccc2)CN1C(=O)c1cc(-c2ccc(F)cc2)on1. The summed E-state index contributed by atoms with van der Waals surface area (Å²) < 4.78 is 18.4. The molecule has 6 nitrogen and oxygen atoms in total. The van der Waals surface area contributed by atoms with Crippen LogP contribution in [0.15, 0.2) is 76.3 Å². The van der Waals surface area contributed by atoms with Crippen LogP contribution >= 0.6 is 11.8 Å². The molecule has 0 saturated carbocycles. The molecule has 3 aromatic rings. The van der Waals surface area contributed by atoms with Crippen LogP contribution in [-0.2, 0) is 4.79 Å². The van der Waals surface area contributed by atoms with E-state index in [0.717, 1.165) is 5.56 Å². The Labute approximate surface area is 176 Å². The molecule has 2 aromatic carbocycles. The molecule has 0 spiro atoms. The Hall–Kier alpha value is -3.39. The van der Waals surface area contributed by atoms with Crippen LogP contribution in [-0.4, -0.2) is 34.7 Å². The molecule has 0 bridgehead atoms.